The first-order chi connectivity index (χ1) is 11.1. The van der Waals surface area contributed by atoms with Gasteiger partial charge in [0.15, 0.2) is 0 Å². The van der Waals surface area contributed by atoms with E-state index in [1.54, 1.807) is 30.3 Å². The number of piperazine rings is 1. The predicted molar refractivity (Wildman–Crippen MR) is 88.1 cm³/mol. The summed E-state index contributed by atoms with van der Waals surface area (Å²) in [6, 6.07) is 8.01. The number of para-hydroxylation sites is 1. The molecule has 1 N–H and O–H groups in total. The molecule has 3 rings (SSSR count). The molecule has 24 heavy (non-hydrogen) atoms. The molecule has 0 spiro atoms. The van der Waals surface area contributed by atoms with Gasteiger partial charge in [0.2, 0.25) is 20.0 Å². The fraction of sp³-hybridized carbons (Fsp3) is 0.462. The molecular formula is C13H18N4O5S2. The molecule has 2 aliphatic heterocycles. The fourth-order valence-corrected chi connectivity index (χ4v) is 5.10. The monoisotopic (exact) mass is 374 g/mol. The van der Waals surface area contributed by atoms with Crippen molar-refractivity contribution in [2.45, 2.75) is 12.3 Å². The number of rotatable bonds is 3. The minimum atomic E-state index is -3.64. The summed E-state index contributed by atoms with van der Waals surface area (Å²) >= 11 is 0. The largest absolute Gasteiger partial charge is 0.324 e. The number of hydrogen-bond donors (Lipinski definition) is 1. The van der Waals surface area contributed by atoms with Crippen LogP contribution in [-0.2, 0) is 20.0 Å². The molecule has 2 saturated heterocycles. The molecule has 2 heterocycles. The van der Waals surface area contributed by atoms with Gasteiger partial charge in [-0.25, -0.2) is 21.6 Å². The van der Waals surface area contributed by atoms with E-state index in [1.807, 2.05) is 0 Å². The van der Waals surface area contributed by atoms with Crippen LogP contribution in [0.15, 0.2) is 30.3 Å². The Bertz CT molecular complexity index is 856. The van der Waals surface area contributed by atoms with Crippen molar-refractivity contribution >= 4 is 31.8 Å². The van der Waals surface area contributed by atoms with E-state index in [1.165, 1.54) is 4.90 Å². The SMILES string of the molecule is CS(=O)(=O)N1CCN(S(C)(=O)=O)[C@H]2[C@@H]1NC(=O)N2c1ccccc1. The van der Waals surface area contributed by atoms with Gasteiger partial charge in [-0.3, -0.25) is 4.90 Å². The molecule has 1 aromatic rings. The van der Waals surface area contributed by atoms with Crippen LogP contribution in [0.4, 0.5) is 10.5 Å². The molecule has 0 unspecified atom stereocenters. The second-order valence-corrected chi connectivity index (χ2v) is 9.63. The van der Waals surface area contributed by atoms with Gasteiger partial charge >= 0.3 is 6.03 Å². The normalized spacial score (nSPS) is 26.2. The first-order valence-electron chi connectivity index (χ1n) is 7.19. The zero-order chi connectivity index (χ0) is 17.7. The number of amides is 2. The van der Waals surface area contributed by atoms with Gasteiger partial charge in [-0.2, -0.15) is 8.61 Å². The van der Waals surface area contributed by atoms with Gasteiger partial charge in [0, 0.05) is 18.8 Å². The van der Waals surface area contributed by atoms with Gasteiger partial charge in [0.1, 0.15) is 12.3 Å². The maximum Gasteiger partial charge on any atom is 0.324 e. The van der Waals surface area contributed by atoms with Crippen molar-refractivity contribution in [1.82, 2.24) is 13.9 Å². The van der Waals surface area contributed by atoms with Crippen molar-refractivity contribution < 1.29 is 21.6 Å². The minimum absolute atomic E-state index is 0.0179. The van der Waals surface area contributed by atoms with Crippen molar-refractivity contribution in [1.29, 1.82) is 0 Å². The van der Waals surface area contributed by atoms with Crippen LogP contribution in [-0.4, -0.2) is 69.4 Å². The van der Waals surface area contributed by atoms with Gasteiger partial charge in [-0.05, 0) is 12.1 Å². The number of nitrogens with zero attached hydrogens (tertiary/aromatic N) is 3. The van der Waals surface area contributed by atoms with Crippen LogP contribution in [0.2, 0.25) is 0 Å². The number of anilines is 1. The molecule has 0 radical (unpaired) electrons. The highest BCUT2D eigenvalue weighted by molar-refractivity contribution is 7.88. The lowest BCUT2D eigenvalue weighted by Crippen LogP contribution is -2.65. The smallest absolute Gasteiger partial charge is 0.318 e. The predicted octanol–water partition coefficient (Wildman–Crippen LogP) is -0.595. The molecule has 1 aromatic carbocycles. The second-order valence-electron chi connectivity index (χ2n) is 5.76. The quantitative estimate of drug-likeness (QED) is 0.761. The maximum absolute atomic E-state index is 12.5. The van der Waals surface area contributed by atoms with Crippen LogP contribution >= 0.6 is 0 Å². The maximum atomic E-state index is 12.5. The summed E-state index contributed by atoms with van der Waals surface area (Å²) in [6.07, 6.45) is 0.137. The van der Waals surface area contributed by atoms with Gasteiger partial charge in [0.05, 0.1) is 12.5 Å². The third-order valence-corrected chi connectivity index (χ3v) is 6.58. The molecular weight excluding hydrogens is 356 g/mol. The van der Waals surface area contributed by atoms with Crippen LogP contribution in [0.1, 0.15) is 0 Å². The molecule has 2 fully saturated rings. The molecule has 2 aliphatic rings. The zero-order valence-corrected chi connectivity index (χ0v) is 14.8. The molecule has 11 heteroatoms. The molecule has 9 nitrogen and oxygen atoms in total. The molecule has 0 aromatic heterocycles. The summed E-state index contributed by atoms with van der Waals surface area (Å²) in [6.45, 7) is -0.0403. The molecule has 0 bridgehead atoms. The average Bonchev–Trinajstić information content (AvgIpc) is 2.81. The van der Waals surface area contributed by atoms with E-state index < -0.39 is 38.4 Å². The second kappa shape index (κ2) is 5.69. The number of urea groups is 1. The first-order valence-corrected chi connectivity index (χ1v) is 10.9. The Morgan fingerprint density at radius 2 is 1.50 bits per heavy atom. The number of carbonyl (C=O) groups is 1. The highest BCUT2D eigenvalue weighted by Crippen LogP contribution is 2.31. The van der Waals surface area contributed by atoms with Crippen LogP contribution in [0.5, 0.6) is 0 Å². The van der Waals surface area contributed by atoms with Crippen molar-refractivity contribution in [3.8, 4) is 0 Å². The number of nitrogens with one attached hydrogen (secondary N) is 1. The lowest BCUT2D eigenvalue weighted by molar-refractivity contribution is 0.144. The van der Waals surface area contributed by atoms with E-state index >= 15 is 0 Å². The van der Waals surface area contributed by atoms with Gasteiger partial charge in [-0.15, -0.1) is 0 Å². The lowest BCUT2D eigenvalue weighted by atomic mass is 10.2. The van der Waals surface area contributed by atoms with Crippen LogP contribution in [0.25, 0.3) is 0 Å². The molecule has 2 amide bonds. The Morgan fingerprint density at radius 3 is 2.04 bits per heavy atom. The summed E-state index contributed by atoms with van der Waals surface area (Å²) in [5, 5.41) is 2.59. The Morgan fingerprint density at radius 1 is 0.958 bits per heavy atom. The number of fused-ring (bicyclic) bond motifs is 1. The first kappa shape index (κ1) is 17.1. The van der Waals surface area contributed by atoms with E-state index in [9.17, 15) is 21.6 Å². The zero-order valence-electron chi connectivity index (χ0n) is 13.2. The van der Waals surface area contributed by atoms with Crippen LogP contribution < -0.4 is 10.2 Å². The van der Waals surface area contributed by atoms with E-state index in [0.29, 0.717) is 5.69 Å². The molecule has 0 aliphatic carbocycles. The standard InChI is InChI=1S/C13H18N4O5S2/c1-23(19,20)15-8-9-16(24(2,21)22)12-11(15)14-13(18)17(12)10-6-4-3-5-7-10/h3-7,11-12H,8-9H2,1-2H3,(H,14,18)/t11-,12-/m1/s1. The van der Waals surface area contributed by atoms with Gasteiger partial charge in [0.25, 0.3) is 0 Å². The number of hydrogen-bond acceptors (Lipinski definition) is 5. The van der Waals surface area contributed by atoms with E-state index in [-0.39, 0.29) is 13.1 Å². The van der Waals surface area contributed by atoms with Crippen molar-refractivity contribution in [2.24, 2.45) is 0 Å². The third kappa shape index (κ3) is 2.88. The Balaban J connectivity index is 2.11. The Labute approximate surface area is 140 Å². The number of sulfonamides is 2. The molecule has 132 valence electrons. The molecule has 0 saturated carbocycles. The van der Waals surface area contributed by atoms with Crippen molar-refractivity contribution in [3.63, 3.8) is 0 Å². The van der Waals surface area contributed by atoms with Crippen LogP contribution in [0.3, 0.4) is 0 Å². The summed E-state index contributed by atoms with van der Waals surface area (Å²) in [4.78, 5) is 13.7. The van der Waals surface area contributed by atoms with Crippen molar-refractivity contribution in [2.75, 3.05) is 30.5 Å². The third-order valence-electron chi connectivity index (χ3n) is 4.07. The van der Waals surface area contributed by atoms with Gasteiger partial charge in [-0.1, -0.05) is 18.2 Å². The van der Waals surface area contributed by atoms with E-state index in [4.69, 9.17) is 0 Å². The summed E-state index contributed by atoms with van der Waals surface area (Å²) in [5.74, 6) is 0. The van der Waals surface area contributed by atoms with Crippen LogP contribution in [0, 0.1) is 0 Å². The average molecular weight is 374 g/mol. The topological polar surface area (TPSA) is 107 Å². The molecule has 2 atom stereocenters. The summed E-state index contributed by atoms with van der Waals surface area (Å²) in [7, 11) is -7.24. The van der Waals surface area contributed by atoms with E-state index in [2.05, 4.69) is 5.32 Å². The highest BCUT2D eigenvalue weighted by atomic mass is 32.2. The van der Waals surface area contributed by atoms with E-state index in [0.717, 1.165) is 21.1 Å². The minimum Gasteiger partial charge on any atom is -0.318 e. The fourth-order valence-electron chi connectivity index (χ4n) is 3.10. The Kier molecular flexibility index (Phi) is 4.06. The highest BCUT2D eigenvalue weighted by Gasteiger charge is 2.53. The number of carbonyl (C=O) groups excluding carboxylic acids is 1. The summed E-state index contributed by atoms with van der Waals surface area (Å²) < 4.78 is 50.7. The lowest BCUT2D eigenvalue weighted by Gasteiger charge is -2.42. The van der Waals surface area contributed by atoms with Gasteiger partial charge < -0.3 is 5.32 Å². The Hall–Kier alpha value is -1.69. The summed E-state index contributed by atoms with van der Waals surface area (Å²) in [5.41, 5.74) is 0.492. The van der Waals surface area contributed by atoms with Crippen molar-refractivity contribution in [3.05, 3.63) is 30.3 Å². The number of benzene rings is 1.